The fraction of sp³-hybridized carbons (Fsp3) is 0.0952. The summed E-state index contributed by atoms with van der Waals surface area (Å²) in [4.78, 5) is 20.6. The molecule has 4 rings (SSSR count). The van der Waals surface area contributed by atoms with Crippen LogP contribution in [0.1, 0.15) is 5.56 Å². The standard InChI is InChI=1S/C21H17N3O2/c1-26-18-7-3-6-17(11-18)16-5-2-4-15(10-16)14-24-20-8-9-22-12-19(20)23-13-21(24)25/h2-13H,14H2,1H3. The maximum absolute atomic E-state index is 12.3. The molecule has 0 saturated carbocycles. The summed E-state index contributed by atoms with van der Waals surface area (Å²) in [7, 11) is 1.66. The lowest BCUT2D eigenvalue weighted by Gasteiger charge is -2.11. The fourth-order valence-electron chi connectivity index (χ4n) is 3.02. The van der Waals surface area contributed by atoms with Crippen LogP contribution in [0, 0.1) is 0 Å². The molecule has 128 valence electrons. The lowest BCUT2D eigenvalue weighted by atomic mass is 10.0. The van der Waals surface area contributed by atoms with Crippen molar-refractivity contribution in [2.24, 2.45) is 0 Å². The van der Waals surface area contributed by atoms with Gasteiger partial charge < -0.3 is 9.30 Å². The highest BCUT2D eigenvalue weighted by Crippen LogP contribution is 2.25. The van der Waals surface area contributed by atoms with Crippen molar-refractivity contribution in [1.82, 2.24) is 14.5 Å². The Kier molecular flexibility index (Phi) is 4.19. The van der Waals surface area contributed by atoms with E-state index in [1.54, 1.807) is 24.1 Å². The number of fused-ring (bicyclic) bond motifs is 1. The number of hydrogen-bond acceptors (Lipinski definition) is 4. The summed E-state index contributed by atoms with van der Waals surface area (Å²) in [6.45, 7) is 0.472. The van der Waals surface area contributed by atoms with Crippen LogP contribution < -0.4 is 10.3 Å². The smallest absolute Gasteiger partial charge is 0.269 e. The molecule has 0 bridgehead atoms. The Balaban J connectivity index is 1.74. The summed E-state index contributed by atoms with van der Waals surface area (Å²) < 4.78 is 7.02. The van der Waals surface area contributed by atoms with E-state index in [4.69, 9.17) is 4.74 Å². The topological polar surface area (TPSA) is 57.0 Å². The minimum atomic E-state index is -0.129. The van der Waals surface area contributed by atoms with Crippen molar-refractivity contribution in [3.8, 4) is 16.9 Å². The van der Waals surface area contributed by atoms with Gasteiger partial charge in [-0.1, -0.05) is 30.3 Å². The first-order chi connectivity index (χ1) is 12.7. The quantitative estimate of drug-likeness (QED) is 0.569. The summed E-state index contributed by atoms with van der Waals surface area (Å²) in [5.41, 5.74) is 4.54. The molecule has 0 N–H and O–H groups in total. The van der Waals surface area contributed by atoms with E-state index in [9.17, 15) is 4.79 Å². The summed E-state index contributed by atoms with van der Waals surface area (Å²) >= 11 is 0. The molecule has 2 aromatic heterocycles. The first kappa shape index (κ1) is 16.0. The van der Waals surface area contributed by atoms with Gasteiger partial charge in [-0.25, -0.2) is 4.98 Å². The van der Waals surface area contributed by atoms with Gasteiger partial charge >= 0.3 is 0 Å². The van der Waals surface area contributed by atoms with Gasteiger partial charge in [0.05, 0.1) is 31.6 Å². The minimum absolute atomic E-state index is 0.129. The average molecular weight is 343 g/mol. The monoisotopic (exact) mass is 343 g/mol. The van der Waals surface area contributed by atoms with Crippen LogP contribution in [-0.4, -0.2) is 21.6 Å². The third kappa shape index (κ3) is 3.07. The highest BCUT2D eigenvalue weighted by molar-refractivity contribution is 5.73. The number of methoxy groups -OCH3 is 1. The number of pyridine rings is 1. The first-order valence-corrected chi connectivity index (χ1v) is 8.27. The predicted octanol–water partition coefficient (Wildman–Crippen LogP) is 3.52. The van der Waals surface area contributed by atoms with Crippen LogP contribution in [0.3, 0.4) is 0 Å². The van der Waals surface area contributed by atoms with Gasteiger partial charge in [0.15, 0.2) is 0 Å². The van der Waals surface area contributed by atoms with Gasteiger partial charge in [-0.15, -0.1) is 0 Å². The summed E-state index contributed by atoms with van der Waals surface area (Å²) in [5, 5.41) is 0. The minimum Gasteiger partial charge on any atom is -0.497 e. The SMILES string of the molecule is COc1cccc(-c2cccc(Cn3c(=O)cnc4cnccc43)c2)c1. The van der Waals surface area contributed by atoms with E-state index in [0.717, 1.165) is 28.0 Å². The van der Waals surface area contributed by atoms with Crippen LogP contribution in [0.4, 0.5) is 0 Å². The second kappa shape index (κ2) is 6.80. The average Bonchev–Trinajstić information content (AvgIpc) is 2.70. The number of rotatable bonds is 4. The van der Waals surface area contributed by atoms with E-state index < -0.39 is 0 Å². The van der Waals surface area contributed by atoms with E-state index in [1.165, 1.54) is 6.20 Å². The van der Waals surface area contributed by atoms with Crippen LogP contribution in [0.25, 0.3) is 22.2 Å². The normalized spacial score (nSPS) is 10.8. The fourth-order valence-corrected chi connectivity index (χ4v) is 3.02. The van der Waals surface area contributed by atoms with Gasteiger partial charge in [-0.2, -0.15) is 0 Å². The number of aromatic nitrogens is 3. The molecule has 0 aliphatic carbocycles. The van der Waals surface area contributed by atoms with Crippen molar-refractivity contribution in [3.63, 3.8) is 0 Å². The van der Waals surface area contributed by atoms with Crippen molar-refractivity contribution < 1.29 is 4.74 Å². The van der Waals surface area contributed by atoms with Crippen molar-refractivity contribution >= 4 is 11.0 Å². The zero-order valence-electron chi connectivity index (χ0n) is 14.3. The molecular formula is C21H17N3O2. The van der Waals surface area contributed by atoms with Gasteiger partial charge in [0.1, 0.15) is 11.3 Å². The van der Waals surface area contributed by atoms with Crippen molar-refractivity contribution in [2.75, 3.05) is 7.11 Å². The molecule has 0 fully saturated rings. The predicted molar refractivity (Wildman–Crippen MR) is 101 cm³/mol. The summed E-state index contributed by atoms with van der Waals surface area (Å²) in [6, 6.07) is 17.9. The molecule has 0 atom stereocenters. The molecule has 0 unspecified atom stereocenters. The Labute approximate surface area is 150 Å². The van der Waals surface area contributed by atoms with E-state index in [0.29, 0.717) is 12.1 Å². The molecule has 0 aliphatic heterocycles. The van der Waals surface area contributed by atoms with E-state index in [1.807, 2.05) is 42.5 Å². The molecule has 0 spiro atoms. The lowest BCUT2D eigenvalue weighted by molar-refractivity contribution is 0.415. The lowest BCUT2D eigenvalue weighted by Crippen LogP contribution is -2.21. The van der Waals surface area contributed by atoms with Gasteiger partial charge in [0.25, 0.3) is 5.56 Å². The van der Waals surface area contributed by atoms with Crippen molar-refractivity contribution in [1.29, 1.82) is 0 Å². The van der Waals surface area contributed by atoms with E-state index in [2.05, 4.69) is 22.1 Å². The van der Waals surface area contributed by atoms with Crippen LogP contribution >= 0.6 is 0 Å². The maximum atomic E-state index is 12.3. The second-order valence-electron chi connectivity index (χ2n) is 5.98. The highest BCUT2D eigenvalue weighted by atomic mass is 16.5. The zero-order valence-corrected chi connectivity index (χ0v) is 14.3. The molecule has 0 amide bonds. The first-order valence-electron chi connectivity index (χ1n) is 8.27. The van der Waals surface area contributed by atoms with Crippen LogP contribution in [0.2, 0.25) is 0 Å². The molecule has 0 saturated heterocycles. The Hall–Kier alpha value is -3.47. The van der Waals surface area contributed by atoms with Gasteiger partial charge in [0, 0.05) is 6.20 Å². The maximum Gasteiger partial charge on any atom is 0.269 e. The summed E-state index contributed by atoms with van der Waals surface area (Å²) in [5.74, 6) is 0.816. The van der Waals surface area contributed by atoms with Gasteiger partial charge in [0.2, 0.25) is 0 Å². The van der Waals surface area contributed by atoms with Crippen molar-refractivity contribution in [2.45, 2.75) is 6.54 Å². The van der Waals surface area contributed by atoms with E-state index in [-0.39, 0.29) is 5.56 Å². The largest absolute Gasteiger partial charge is 0.497 e. The Morgan fingerprint density at radius 2 is 1.81 bits per heavy atom. The second-order valence-corrected chi connectivity index (χ2v) is 5.98. The molecule has 0 radical (unpaired) electrons. The van der Waals surface area contributed by atoms with Gasteiger partial charge in [-0.3, -0.25) is 9.78 Å². The molecule has 26 heavy (non-hydrogen) atoms. The highest BCUT2D eigenvalue weighted by Gasteiger charge is 2.07. The third-order valence-electron chi connectivity index (χ3n) is 4.32. The Bertz CT molecular complexity index is 1140. The Morgan fingerprint density at radius 3 is 2.65 bits per heavy atom. The molecule has 5 nitrogen and oxygen atoms in total. The number of benzene rings is 2. The molecule has 5 heteroatoms. The number of nitrogens with zero attached hydrogens (tertiary/aromatic N) is 3. The third-order valence-corrected chi connectivity index (χ3v) is 4.32. The molecule has 2 heterocycles. The van der Waals surface area contributed by atoms with Gasteiger partial charge in [-0.05, 0) is 41.0 Å². The zero-order chi connectivity index (χ0) is 17.9. The molecule has 4 aromatic rings. The number of ether oxygens (including phenoxy) is 1. The van der Waals surface area contributed by atoms with Crippen LogP contribution in [-0.2, 0) is 6.54 Å². The Morgan fingerprint density at radius 1 is 1.00 bits per heavy atom. The van der Waals surface area contributed by atoms with Crippen LogP contribution in [0.5, 0.6) is 5.75 Å². The number of hydrogen-bond donors (Lipinski definition) is 0. The molecule has 2 aromatic carbocycles. The van der Waals surface area contributed by atoms with Crippen LogP contribution in [0.15, 0.2) is 78.0 Å². The molecular weight excluding hydrogens is 326 g/mol. The van der Waals surface area contributed by atoms with E-state index >= 15 is 0 Å². The molecule has 0 aliphatic rings. The van der Waals surface area contributed by atoms with Crippen molar-refractivity contribution in [3.05, 3.63) is 89.1 Å². The summed E-state index contributed by atoms with van der Waals surface area (Å²) in [6.07, 6.45) is 4.68.